The van der Waals surface area contributed by atoms with Crippen molar-refractivity contribution in [2.45, 2.75) is 19.3 Å². The van der Waals surface area contributed by atoms with Crippen molar-refractivity contribution in [3.8, 4) is 0 Å². The molecule has 0 saturated carbocycles. The summed E-state index contributed by atoms with van der Waals surface area (Å²) in [5.74, 6) is -0.467. The number of methoxy groups -OCH3 is 1. The molecule has 0 atom stereocenters. The normalized spacial score (nSPS) is 14.6. The third kappa shape index (κ3) is 5.21. The first-order chi connectivity index (χ1) is 12.4. The molecule has 2 rings (SSSR count). The van der Waals surface area contributed by atoms with Crippen LogP contribution in [0.25, 0.3) is 0 Å². The Morgan fingerprint density at radius 3 is 2.19 bits per heavy atom. The van der Waals surface area contributed by atoms with Crippen LogP contribution < -0.4 is 4.90 Å². The van der Waals surface area contributed by atoms with E-state index < -0.39 is 0 Å². The van der Waals surface area contributed by atoms with Gasteiger partial charge in [0.15, 0.2) is 0 Å². The highest BCUT2D eigenvalue weighted by atomic mass is 16.5. The van der Waals surface area contributed by atoms with Gasteiger partial charge in [0.25, 0.3) is 5.91 Å². The van der Waals surface area contributed by atoms with Crippen LogP contribution in [0.4, 0.5) is 5.69 Å². The molecule has 1 fully saturated rings. The Balaban J connectivity index is 1.91. The Bertz CT molecular complexity index is 643. The molecular formula is C19H27N3O4. The van der Waals surface area contributed by atoms with Crippen LogP contribution in [-0.4, -0.2) is 75.0 Å². The smallest absolute Gasteiger partial charge is 0.306 e. The zero-order chi connectivity index (χ0) is 19.1. The number of hydrogen-bond donors (Lipinski definition) is 0. The molecule has 1 heterocycles. The van der Waals surface area contributed by atoms with Gasteiger partial charge < -0.3 is 19.4 Å². The molecule has 26 heavy (non-hydrogen) atoms. The summed E-state index contributed by atoms with van der Waals surface area (Å²) in [7, 11) is 5.22. The Morgan fingerprint density at radius 1 is 0.962 bits per heavy atom. The number of carbonyl (C=O) groups is 3. The number of amides is 2. The Hall–Kier alpha value is -2.57. The molecule has 0 bridgehead atoms. The largest absolute Gasteiger partial charge is 0.469 e. The summed E-state index contributed by atoms with van der Waals surface area (Å²) in [4.78, 5) is 41.6. The number of esters is 1. The van der Waals surface area contributed by atoms with Crippen LogP contribution in [0.1, 0.15) is 29.6 Å². The summed E-state index contributed by atoms with van der Waals surface area (Å²) in [5, 5.41) is 0. The van der Waals surface area contributed by atoms with Crippen LogP contribution in [0.5, 0.6) is 0 Å². The van der Waals surface area contributed by atoms with Crippen molar-refractivity contribution >= 4 is 23.5 Å². The van der Waals surface area contributed by atoms with Gasteiger partial charge >= 0.3 is 5.97 Å². The lowest BCUT2D eigenvalue weighted by molar-refractivity contribution is -0.143. The van der Waals surface area contributed by atoms with E-state index in [0.29, 0.717) is 31.7 Å². The van der Waals surface area contributed by atoms with Gasteiger partial charge in [0, 0.05) is 57.9 Å². The lowest BCUT2D eigenvalue weighted by atomic mass is 10.1. The molecule has 7 heteroatoms. The first-order valence-corrected chi connectivity index (χ1v) is 8.83. The van der Waals surface area contributed by atoms with E-state index in [2.05, 4.69) is 4.74 Å². The summed E-state index contributed by atoms with van der Waals surface area (Å²) in [6.07, 6.45) is 0.963. The second-order valence-electron chi connectivity index (χ2n) is 6.54. The lowest BCUT2D eigenvalue weighted by Crippen LogP contribution is -2.37. The maximum Gasteiger partial charge on any atom is 0.306 e. The van der Waals surface area contributed by atoms with E-state index in [-0.39, 0.29) is 30.6 Å². The number of ether oxygens (including phenoxy) is 1. The zero-order valence-corrected chi connectivity index (χ0v) is 15.7. The fraction of sp³-hybridized carbons (Fsp3) is 0.526. The van der Waals surface area contributed by atoms with Crippen molar-refractivity contribution in [1.29, 1.82) is 0 Å². The fourth-order valence-electron chi connectivity index (χ4n) is 2.92. The van der Waals surface area contributed by atoms with Gasteiger partial charge in [-0.1, -0.05) is 0 Å². The molecule has 142 valence electrons. The minimum absolute atomic E-state index is 0.0147. The second kappa shape index (κ2) is 9.22. The third-order valence-electron chi connectivity index (χ3n) is 4.54. The molecule has 2 amide bonds. The molecule has 1 aromatic carbocycles. The quantitative estimate of drug-likeness (QED) is 0.741. The van der Waals surface area contributed by atoms with Gasteiger partial charge in [0.05, 0.1) is 13.5 Å². The molecule has 7 nitrogen and oxygen atoms in total. The van der Waals surface area contributed by atoms with Crippen molar-refractivity contribution in [1.82, 2.24) is 9.80 Å². The van der Waals surface area contributed by atoms with Crippen LogP contribution in [0, 0.1) is 0 Å². The number of benzene rings is 1. The van der Waals surface area contributed by atoms with Crippen LogP contribution in [-0.2, 0) is 14.3 Å². The zero-order valence-electron chi connectivity index (χ0n) is 15.7. The second-order valence-corrected chi connectivity index (χ2v) is 6.54. The van der Waals surface area contributed by atoms with E-state index in [1.807, 2.05) is 43.3 Å². The molecule has 1 aliphatic heterocycles. The van der Waals surface area contributed by atoms with Crippen molar-refractivity contribution < 1.29 is 19.1 Å². The van der Waals surface area contributed by atoms with Gasteiger partial charge in [-0.2, -0.15) is 0 Å². The molecule has 1 aromatic rings. The Kier molecular flexibility index (Phi) is 7.00. The van der Waals surface area contributed by atoms with E-state index in [4.69, 9.17) is 0 Å². The topological polar surface area (TPSA) is 70.2 Å². The predicted molar refractivity (Wildman–Crippen MR) is 99.1 cm³/mol. The molecule has 1 saturated heterocycles. The van der Waals surface area contributed by atoms with Gasteiger partial charge in [-0.15, -0.1) is 0 Å². The predicted octanol–water partition coefficient (Wildman–Crippen LogP) is 1.38. The first-order valence-electron chi connectivity index (χ1n) is 8.83. The van der Waals surface area contributed by atoms with Crippen LogP contribution in [0.15, 0.2) is 24.3 Å². The number of rotatable bonds is 5. The van der Waals surface area contributed by atoms with E-state index in [1.165, 1.54) is 7.11 Å². The van der Waals surface area contributed by atoms with Crippen molar-refractivity contribution in [3.63, 3.8) is 0 Å². The number of hydrogen-bond acceptors (Lipinski definition) is 5. The summed E-state index contributed by atoms with van der Waals surface area (Å²) in [5.41, 5.74) is 1.70. The maximum absolute atomic E-state index is 12.7. The van der Waals surface area contributed by atoms with E-state index in [0.717, 1.165) is 12.1 Å². The highest BCUT2D eigenvalue weighted by Crippen LogP contribution is 2.15. The molecule has 1 aliphatic rings. The van der Waals surface area contributed by atoms with E-state index in [9.17, 15) is 14.4 Å². The first kappa shape index (κ1) is 19.8. The summed E-state index contributed by atoms with van der Waals surface area (Å²) in [6.45, 7) is 2.21. The van der Waals surface area contributed by atoms with E-state index >= 15 is 0 Å². The van der Waals surface area contributed by atoms with Gasteiger partial charge in [-0.25, -0.2) is 0 Å². The molecule has 0 aliphatic carbocycles. The minimum atomic E-state index is -0.383. The average Bonchev–Trinajstić information content (AvgIpc) is 2.91. The van der Waals surface area contributed by atoms with Gasteiger partial charge in [-0.05, 0) is 30.7 Å². The molecule has 0 aromatic heterocycles. The van der Waals surface area contributed by atoms with Gasteiger partial charge in [-0.3, -0.25) is 14.4 Å². The highest BCUT2D eigenvalue weighted by Gasteiger charge is 2.23. The SMILES string of the molecule is COC(=O)CCC(=O)N1CCCN(C(=O)c2ccc(N(C)C)cc2)CC1. The number of carbonyl (C=O) groups excluding carboxylic acids is 3. The lowest BCUT2D eigenvalue weighted by Gasteiger charge is -2.22. The minimum Gasteiger partial charge on any atom is -0.469 e. The van der Waals surface area contributed by atoms with Gasteiger partial charge in [0.2, 0.25) is 5.91 Å². The van der Waals surface area contributed by atoms with Crippen molar-refractivity contribution in [2.75, 3.05) is 52.3 Å². The standard InChI is InChI=1S/C19H27N3O4/c1-20(2)16-7-5-15(6-8-16)19(25)22-12-4-11-21(13-14-22)17(23)9-10-18(24)26-3/h5-8H,4,9-14H2,1-3H3. The fourth-order valence-corrected chi connectivity index (χ4v) is 2.92. The number of anilines is 1. The highest BCUT2D eigenvalue weighted by molar-refractivity contribution is 5.94. The Morgan fingerprint density at radius 2 is 1.58 bits per heavy atom. The van der Waals surface area contributed by atoms with Crippen LogP contribution >= 0.6 is 0 Å². The molecule has 0 N–H and O–H groups in total. The summed E-state index contributed by atoms with van der Waals surface area (Å²) in [6, 6.07) is 7.52. The Labute approximate surface area is 154 Å². The number of nitrogens with zero attached hydrogens (tertiary/aromatic N) is 3. The third-order valence-corrected chi connectivity index (χ3v) is 4.54. The maximum atomic E-state index is 12.7. The summed E-state index contributed by atoms with van der Waals surface area (Å²) >= 11 is 0. The van der Waals surface area contributed by atoms with Crippen LogP contribution in [0.2, 0.25) is 0 Å². The van der Waals surface area contributed by atoms with Gasteiger partial charge in [0.1, 0.15) is 0 Å². The monoisotopic (exact) mass is 361 g/mol. The molecule has 0 radical (unpaired) electrons. The summed E-state index contributed by atoms with van der Waals surface area (Å²) < 4.78 is 4.57. The van der Waals surface area contributed by atoms with E-state index in [1.54, 1.807) is 9.80 Å². The molecule has 0 unspecified atom stereocenters. The molecular weight excluding hydrogens is 334 g/mol. The van der Waals surface area contributed by atoms with Crippen molar-refractivity contribution in [3.05, 3.63) is 29.8 Å². The molecule has 0 spiro atoms. The van der Waals surface area contributed by atoms with Crippen molar-refractivity contribution in [2.24, 2.45) is 0 Å². The van der Waals surface area contributed by atoms with Crippen LogP contribution in [0.3, 0.4) is 0 Å². The average molecular weight is 361 g/mol.